The maximum absolute atomic E-state index is 10.8. The van der Waals surface area contributed by atoms with Gasteiger partial charge in [-0.15, -0.1) is 0 Å². The van der Waals surface area contributed by atoms with E-state index in [0.717, 1.165) is 38.9 Å². The molecule has 3 fully saturated rings. The van der Waals surface area contributed by atoms with Crippen LogP contribution < -0.4 is 0 Å². The summed E-state index contributed by atoms with van der Waals surface area (Å²) in [6.07, 6.45) is 6.53. The van der Waals surface area contributed by atoms with Crippen molar-refractivity contribution in [2.45, 2.75) is 63.3 Å². The van der Waals surface area contributed by atoms with Crippen molar-refractivity contribution in [2.75, 3.05) is 24.7 Å². The Morgan fingerprint density at radius 1 is 1.25 bits per heavy atom. The molecule has 4 atom stereocenters. The molecule has 0 saturated carbocycles. The summed E-state index contributed by atoms with van der Waals surface area (Å²) in [7, 11) is 0. The van der Waals surface area contributed by atoms with Crippen molar-refractivity contribution >= 4 is 11.8 Å². The van der Waals surface area contributed by atoms with Crippen molar-refractivity contribution in [3.05, 3.63) is 0 Å². The lowest BCUT2D eigenvalue weighted by molar-refractivity contribution is -0.130. The standard InChI is InChI=1S/C16H28O3S/c1-2-14-13(4-7-18-14)15(17)12-3-8-19-16(11-12)5-9-20-10-6-16/h12-15,17H,2-11H2,1H3. The minimum absolute atomic E-state index is 0.0797. The number of aliphatic hydroxyl groups excluding tert-OH is 1. The van der Waals surface area contributed by atoms with Gasteiger partial charge in [0.05, 0.1) is 17.8 Å². The van der Waals surface area contributed by atoms with Gasteiger partial charge in [0.15, 0.2) is 0 Å². The van der Waals surface area contributed by atoms with Crippen molar-refractivity contribution in [1.29, 1.82) is 0 Å². The molecule has 0 aromatic heterocycles. The number of thioether (sulfide) groups is 1. The fourth-order valence-electron chi connectivity index (χ4n) is 4.27. The van der Waals surface area contributed by atoms with Crippen molar-refractivity contribution < 1.29 is 14.6 Å². The fraction of sp³-hybridized carbons (Fsp3) is 1.00. The second-order valence-electron chi connectivity index (χ2n) is 6.66. The second-order valence-corrected chi connectivity index (χ2v) is 7.88. The van der Waals surface area contributed by atoms with E-state index in [1.165, 1.54) is 24.3 Å². The number of rotatable bonds is 3. The predicted molar refractivity (Wildman–Crippen MR) is 82.1 cm³/mol. The van der Waals surface area contributed by atoms with Gasteiger partial charge in [0.25, 0.3) is 0 Å². The zero-order chi connectivity index (χ0) is 14.0. The van der Waals surface area contributed by atoms with Gasteiger partial charge in [0, 0.05) is 19.1 Å². The third-order valence-electron chi connectivity index (χ3n) is 5.52. The summed E-state index contributed by atoms with van der Waals surface area (Å²) in [6, 6.07) is 0. The summed E-state index contributed by atoms with van der Waals surface area (Å²) < 4.78 is 11.9. The lowest BCUT2D eigenvalue weighted by Crippen LogP contribution is -2.47. The van der Waals surface area contributed by atoms with Gasteiger partial charge < -0.3 is 14.6 Å². The summed E-state index contributed by atoms with van der Waals surface area (Å²) in [5.41, 5.74) is 0.0797. The van der Waals surface area contributed by atoms with Crippen LogP contribution >= 0.6 is 11.8 Å². The van der Waals surface area contributed by atoms with E-state index in [0.29, 0.717) is 11.8 Å². The Morgan fingerprint density at radius 2 is 2.05 bits per heavy atom. The van der Waals surface area contributed by atoms with Crippen molar-refractivity contribution in [2.24, 2.45) is 11.8 Å². The van der Waals surface area contributed by atoms with Crippen LogP contribution in [0.2, 0.25) is 0 Å². The van der Waals surface area contributed by atoms with Crippen LogP contribution in [0.4, 0.5) is 0 Å². The van der Waals surface area contributed by atoms with E-state index in [2.05, 4.69) is 6.92 Å². The topological polar surface area (TPSA) is 38.7 Å². The molecule has 3 heterocycles. The quantitative estimate of drug-likeness (QED) is 0.870. The molecule has 4 heteroatoms. The summed E-state index contributed by atoms with van der Waals surface area (Å²) in [5.74, 6) is 3.19. The largest absolute Gasteiger partial charge is 0.392 e. The van der Waals surface area contributed by atoms with Gasteiger partial charge in [-0.25, -0.2) is 0 Å². The molecule has 1 spiro atoms. The molecule has 0 aromatic carbocycles. The Balaban J connectivity index is 1.64. The van der Waals surface area contributed by atoms with Crippen LogP contribution in [0.5, 0.6) is 0 Å². The Kier molecular flexibility index (Phi) is 4.96. The van der Waals surface area contributed by atoms with Gasteiger partial charge in [0.2, 0.25) is 0 Å². The molecular formula is C16H28O3S. The molecule has 3 rings (SSSR count). The van der Waals surface area contributed by atoms with Crippen molar-refractivity contribution in [3.8, 4) is 0 Å². The van der Waals surface area contributed by atoms with Crippen LogP contribution in [-0.2, 0) is 9.47 Å². The minimum atomic E-state index is -0.196. The van der Waals surface area contributed by atoms with Crippen molar-refractivity contribution in [1.82, 2.24) is 0 Å². The van der Waals surface area contributed by atoms with Gasteiger partial charge in [-0.2, -0.15) is 11.8 Å². The molecule has 20 heavy (non-hydrogen) atoms. The highest BCUT2D eigenvalue weighted by atomic mass is 32.2. The lowest BCUT2D eigenvalue weighted by Gasteiger charge is -2.45. The van der Waals surface area contributed by atoms with E-state index in [1.54, 1.807) is 0 Å². The fourth-order valence-corrected chi connectivity index (χ4v) is 5.51. The van der Waals surface area contributed by atoms with Gasteiger partial charge in [-0.1, -0.05) is 6.92 Å². The first kappa shape index (κ1) is 15.1. The van der Waals surface area contributed by atoms with Crippen LogP contribution in [0.3, 0.4) is 0 Å². The van der Waals surface area contributed by atoms with E-state index >= 15 is 0 Å². The van der Waals surface area contributed by atoms with Gasteiger partial charge in [-0.05, 0) is 55.9 Å². The molecule has 3 nitrogen and oxygen atoms in total. The van der Waals surface area contributed by atoms with Crippen molar-refractivity contribution in [3.63, 3.8) is 0 Å². The molecule has 0 bridgehead atoms. The van der Waals surface area contributed by atoms with Crippen LogP contribution in [0, 0.1) is 11.8 Å². The normalized spacial score (nSPS) is 39.0. The second kappa shape index (κ2) is 6.55. The third-order valence-corrected chi connectivity index (χ3v) is 6.51. The maximum Gasteiger partial charge on any atom is 0.0701 e. The van der Waals surface area contributed by atoms with E-state index in [9.17, 15) is 5.11 Å². The number of hydrogen-bond acceptors (Lipinski definition) is 4. The Hall–Kier alpha value is 0.230. The first-order valence-electron chi connectivity index (χ1n) is 8.25. The first-order valence-corrected chi connectivity index (χ1v) is 9.41. The zero-order valence-corrected chi connectivity index (χ0v) is 13.4. The molecule has 0 aromatic rings. The summed E-state index contributed by atoms with van der Waals surface area (Å²) in [6.45, 7) is 3.82. The average Bonchev–Trinajstić information content (AvgIpc) is 2.96. The molecule has 0 aliphatic carbocycles. The van der Waals surface area contributed by atoms with Crippen LogP contribution in [0.15, 0.2) is 0 Å². The maximum atomic E-state index is 10.8. The summed E-state index contributed by atoms with van der Waals surface area (Å²) >= 11 is 2.04. The smallest absolute Gasteiger partial charge is 0.0701 e. The third kappa shape index (κ3) is 3.03. The van der Waals surface area contributed by atoms with E-state index in [4.69, 9.17) is 9.47 Å². The highest BCUT2D eigenvalue weighted by Gasteiger charge is 2.44. The Labute approximate surface area is 126 Å². The number of hydrogen-bond donors (Lipinski definition) is 1. The lowest BCUT2D eigenvalue weighted by atomic mass is 9.75. The van der Waals surface area contributed by atoms with Crippen LogP contribution in [-0.4, -0.2) is 47.6 Å². The van der Waals surface area contributed by atoms with Crippen LogP contribution in [0.25, 0.3) is 0 Å². The predicted octanol–water partition coefficient (Wildman–Crippen LogP) is 2.85. The molecule has 116 valence electrons. The zero-order valence-electron chi connectivity index (χ0n) is 12.6. The summed E-state index contributed by atoms with van der Waals surface area (Å²) in [4.78, 5) is 0. The SMILES string of the molecule is CCC1OCCC1C(O)C1CCOC2(CCSCC2)C1. The average molecular weight is 300 g/mol. The van der Waals surface area contributed by atoms with E-state index in [-0.39, 0.29) is 17.8 Å². The number of aliphatic hydroxyl groups is 1. The molecule has 3 saturated heterocycles. The van der Waals surface area contributed by atoms with Crippen LogP contribution in [0.1, 0.15) is 45.4 Å². The molecule has 0 radical (unpaired) electrons. The molecule has 3 aliphatic rings. The molecular weight excluding hydrogens is 272 g/mol. The monoisotopic (exact) mass is 300 g/mol. The minimum Gasteiger partial charge on any atom is -0.392 e. The molecule has 0 amide bonds. The highest BCUT2D eigenvalue weighted by molar-refractivity contribution is 7.99. The molecule has 3 aliphatic heterocycles. The first-order chi connectivity index (χ1) is 9.74. The van der Waals surface area contributed by atoms with Gasteiger partial charge >= 0.3 is 0 Å². The van der Waals surface area contributed by atoms with E-state index in [1.807, 2.05) is 11.8 Å². The van der Waals surface area contributed by atoms with Gasteiger partial charge in [0.1, 0.15) is 0 Å². The number of ether oxygens (including phenoxy) is 2. The highest BCUT2D eigenvalue weighted by Crippen LogP contribution is 2.43. The Bertz CT molecular complexity index is 311. The van der Waals surface area contributed by atoms with E-state index < -0.39 is 0 Å². The summed E-state index contributed by atoms with van der Waals surface area (Å²) in [5, 5.41) is 10.8. The van der Waals surface area contributed by atoms with Gasteiger partial charge in [-0.3, -0.25) is 0 Å². The molecule has 4 unspecified atom stereocenters. The Morgan fingerprint density at radius 3 is 2.80 bits per heavy atom. The molecule has 1 N–H and O–H groups in total.